The first-order chi connectivity index (χ1) is 11.9. The van der Waals surface area contributed by atoms with Crippen molar-refractivity contribution in [2.75, 3.05) is 5.73 Å². The summed E-state index contributed by atoms with van der Waals surface area (Å²) in [6, 6.07) is 3.53. The van der Waals surface area contributed by atoms with Gasteiger partial charge in [0, 0.05) is 17.9 Å². The van der Waals surface area contributed by atoms with Crippen LogP contribution in [0.5, 0.6) is 0 Å². The van der Waals surface area contributed by atoms with E-state index in [0.717, 1.165) is 12.1 Å². The Hall–Kier alpha value is -2.90. The third-order valence-electron chi connectivity index (χ3n) is 4.29. The number of nitrogens with zero attached hydrogens (tertiary/aromatic N) is 2. The highest BCUT2D eigenvalue weighted by molar-refractivity contribution is 5.89. The third-order valence-corrected chi connectivity index (χ3v) is 4.29. The van der Waals surface area contributed by atoms with E-state index in [1.54, 1.807) is 0 Å². The van der Waals surface area contributed by atoms with Gasteiger partial charge in [0.15, 0.2) is 12.0 Å². The summed E-state index contributed by atoms with van der Waals surface area (Å²) >= 11 is 0. The summed E-state index contributed by atoms with van der Waals surface area (Å²) in [6.45, 7) is 0. The zero-order chi connectivity index (χ0) is 18.1. The molecular weight excluding hydrogens is 332 g/mol. The molecule has 3 rings (SSSR count). The van der Waals surface area contributed by atoms with Crippen LogP contribution in [0.4, 0.5) is 14.6 Å². The SMILES string of the molecule is Nc1ncc([C@@H]2CCC(=O)[C@@H](F)C2)nc1-c1ccc(C(=O)O)c(F)c1. The van der Waals surface area contributed by atoms with Crippen molar-refractivity contribution in [2.45, 2.75) is 31.4 Å². The second-order valence-corrected chi connectivity index (χ2v) is 5.93. The second kappa shape index (κ2) is 6.54. The molecule has 2 atom stereocenters. The normalized spacial score (nSPS) is 20.5. The average Bonchev–Trinajstić information content (AvgIpc) is 2.57. The van der Waals surface area contributed by atoms with Gasteiger partial charge in [0.25, 0.3) is 0 Å². The smallest absolute Gasteiger partial charge is 0.338 e. The number of benzene rings is 1. The summed E-state index contributed by atoms with van der Waals surface area (Å²) in [5, 5.41) is 8.89. The number of carbonyl (C=O) groups is 2. The lowest BCUT2D eigenvalue weighted by atomic mass is 9.85. The maximum Gasteiger partial charge on any atom is 0.338 e. The van der Waals surface area contributed by atoms with Crippen LogP contribution in [0.2, 0.25) is 0 Å². The predicted octanol–water partition coefficient (Wildman–Crippen LogP) is 2.74. The molecule has 25 heavy (non-hydrogen) atoms. The van der Waals surface area contributed by atoms with E-state index in [0.29, 0.717) is 12.1 Å². The molecular formula is C17H15F2N3O3. The summed E-state index contributed by atoms with van der Waals surface area (Å²) in [6.07, 6.45) is 0.532. The topological polar surface area (TPSA) is 106 Å². The molecule has 0 spiro atoms. The summed E-state index contributed by atoms with van der Waals surface area (Å²) < 4.78 is 27.6. The fraction of sp³-hybridized carbons (Fsp3) is 0.294. The summed E-state index contributed by atoms with van der Waals surface area (Å²) in [5.74, 6) is -2.93. The Bertz CT molecular complexity index is 857. The van der Waals surface area contributed by atoms with Crippen molar-refractivity contribution >= 4 is 17.6 Å². The molecule has 1 aromatic carbocycles. The van der Waals surface area contributed by atoms with Crippen LogP contribution in [-0.2, 0) is 4.79 Å². The lowest BCUT2D eigenvalue weighted by molar-refractivity contribution is -0.125. The summed E-state index contributed by atoms with van der Waals surface area (Å²) in [7, 11) is 0. The highest BCUT2D eigenvalue weighted by Crippen LogP contribution is 2.33. The highest BCUT2D eigenvalue weighted by Gasteiger charge is 2.30. The van der Waals surface area contributed by atoms with E-state index in [2.05, 4.69) is 9.97 Å². The first-order valence-electron chi connectivity index (χ1n) is 7.69. The Kier molecular flexibility index (Phi) is 4.43. The van der Waals surface area contributed by atoms with Gasteiger partial charge in [-0.05, 0) is 25.0 Å². The standard InChI is InChI=1S/C17H15F2N3O3/c18-11-6-9(1-3-10(11)17(24)25)15-16(20)21-7-13(22-15)8-2-4-14(23)12(19)5-8/h1,3,6-8,12H,2,4-5H2,(H2,20,21)(H,24,25)/t8-,12+/m1/s1. The van der Waals surface area contributed by atoms with Crippen molar-refractivity contribution in [3.63, 3.8) is 0 Å². The van der Waals surface area contributed by atoms with Gasteiger partial charge in [-0.2, -0.15) is 0 Å². The number of nitrogen functional groups attached to an aromatic ring is 1. The Labute approximate surface area is 141 Å². The minimum Gasteiger partial charge on any atom is -0.478 e. The van der Waals surface area contributed by atoms with Gasteiger partial charge in [0.2, 0.25) is 0 Å². The zero-order valence-electron chi connectivity index (χ0n) is 13.1. The molecule has 1 aliphatic rings. The summed E-state index contributed by atoms with van der Waals surface area (Å²) in [5.41, 5.74) is 6.29. The molecule has 6 nitrogen and oxygen atoms in total. The van der Waals surface area contributed by atoms with Crippen molar-refractivity contribution in [1.82, 2.24) is 9.97 Å². The minimum atomic E-state index is -1.52. The van der Waals surface area contributed by atoms with E-state index in [4.69, 9.17) is 10.8 Å². The molecule has 0 saturated heterocycles. The van der Waals surface area contributed by atoms with Crippen molar-refractivity contribution in [2.24, 2.45) is 0 Å². The quantitative estimate of drug-likeness (QED) is 0.884. The molecule has 0 bridgehead atoms. The number of hydrogen-bond donors (Lipinski definition) is 2. The van der Waals surface area contributed by atoms with Crippen LogP contribution in [0.15, 0.2) is 24.4 Å². The van der Waals surface area contributed by atoms with Crippen LogP contribution in [0.25, 0.3) is 11.3 Å². The number of anilines is 1. The minimum absolute atomic E-state index is 0.0309. The Morgan fingerprint density at radius 2 is 2.12 bits per heavy atom. The molecule has 0 unspecified atom stereocenters. The van der Waals surface area contributed by atoms with Gasteiger partial charge in [0.1, 0.15) is 17.3 Å². The van der Waals surface area contributed by atoms with Gasteiger partial charge < -0.3 is 10.8 Å². The molecule has 1 saturated carbocycles. The molecule has 2 aromatic rings. The maximum atomic E-state index is 13.9. The van der Waals surface area contributed by atoms with E-state index in [9.17, 15) is 18.4 Å². The Morgan fingerprint density at radius 3 is 2.76 bits per heavy atom. The zero-order valence-corrected chi connectivity index (χ0v) is 13.1. The van der Waals surface area contributed by atoms with Crippen molar-refractivity contribution in [1.29, 1.82) is 0 Å². The number of carboxylic acids is 1. The van der Waals surface area contributed by atoms with Gasteiger partial charge in [-0.25, -0.2) is 23.5 Å². The van der Waals surface area contributed by atoms with Gasteiger partial charge >= 0.3 is 5.97 Å². The van der Waals surface area contributed by atoms with Crippen LogP contribution in [0, 0.1) is 5.82 Å². The van der Waals surface area contributed by atoms with E-state index >= 15 is 0 Å². The van der Waals surface area contributed by atoms with Gasteiger partial charge in [-0.3, -0.25) is 4.79 Å². The molecule has 0 aliphatic heterocycles. The lowest BCUT2D eigenvalue weighted by Gasteiger charge is -2.23. The third kappa shape index (κ3) is 3.33. The van der Waals surface area contributed by atoms with Crippen LogP contribution >= 0.6 is 0 Å². The maximum absolute atomic E-state index is 13.9. The highest BCUT2D eigenvalue weighted by atomic mass is 19.1. The molecule has 3 N–H and O–H groups in total. The molecule has 1 heterocycles. The van der Waals surface area contributed by atoms with Crippen LogP contribution in [0.3, 0.4) is 0 Å². The number of carbonyl (C=O) groups excluding carboxylic acids is 1. The first kappa shape index (κ1) is 16.9. The molecule has 8 heteroatoms. The number of alkyl halides is 1. The van der Waals surface area contributed by atoms with Crippen molar-refractivity contribution < 1.29 is 23.5 Å². The van der Waals surface area contributed by atoms with Gasteiger partial charge in [-0.1, -0.05) is 6.07 Å². The number of aromatic carboxylic acids is 1. The number of carboxylic acid groups (broad SMARTS) is 1. The molecule has 1 fully saturated rings. The van der Waals surface area contributed by atoms with Gasteiger partial charge in [-0.15, -0.1) is 0 Å². The largest absolute Gasteiger partial charge is 0.478 e. The molecule has 130 valence electrons. The van der Waals surface area contributed by atoms with Gasteiger partial charge in [0.05, 0.1) is 17.5 Å². The molecule has 0 radical (unpaired) electrons. The Balaban J connectivity index is 1.96. The van der Waals surface area contributed by atoms with Crippen LogP contribution < -0.4 is 5.73 Å². The average molecular weight is 347 g/mol. The number of rotatable bonds is 3. The molecule has 1 aromatic heterocycles. The number of nitrogens with two attached hydrogens (primary N) is 1. The predicted molar refractivity (Wildman–Crippen MR) is 85.3 cm³/mol. The molecule has 1 aliphatic carbocycles. The van der Waals surface area contributed by atoms with Crippen molar-refractivity contribution in [3.8, 4) is 11.3 Å². The second-order valence-electron chi connectivity index (χ2n) is 5.93. The van der Waals surface area contributed by atoms with E-state index in [1.807, 2.05) is 0 Å². The monoisotopic (exact) mass is 347 g/mol. The van der Waals surface area contributed by atoms with E-state index in [-0.39, 0.29) is 35.8 Å². The van der Waals surface area contributed by atoms with Crippen LogP contribution in [-0.4, -0.2) is 33.0 Å². The number of ketones is 1. The van der Waals surface area contributed by atoms with Crippen LogP contribution in [0.1, 0.15) is 41.2 Å². The number of Topliss-reactive ketones (excluding diaryl/α,β-unsaturated/α-hetero) is 1. The number of aromatic nitrogens is 2. The summed E-state index contributed by atoms with van der Waals surface area (Å²) in [4.78, 5) is 30.6. The fourth-order valence-corrected chi connectivity index (χ4v) is 2.90. The van der Waals surface area contributed by atoms with E-state index in [1.165, 1.54) is 12.3 Å². The fourth-order valence-electron chi connectivity index (χ4n) is 2.90. The molecule has 0 amide bonds. The van der Waals surface area contributed by atoms with Crippen molar-refractivity contribution in [3.05, 3.63) is 41.5 Å². The Morgan fingerprint density at radius 1 is 1.36 bits per heavy atom. The number of halogens is 2. The first-order valence-corrected chi connectivity index (χ1v) is 7.69. The van der Waals surface area contributed by atoms with E-state index < -0.39 is 29.3 Å². The number of hydrogen-bond acceptors (Lipinski definition) is 5. The lowest BCUT2D eigenvalue weighted by Crippen LogP contribution is -2.25.